The van der Waals surface area contributed by atoms with E-state index in [4.69, 9.17) is 0 Å². The van der Waals surface area contributed by atoms with Gasteiger partial charge in [-0.3, -0.25) is 4.79 Å². The Bertz CT molecular complexity index is 485. The maximum absolute atomic E-state index is 12.6. The van der Waals surface area contributed by atoms with E-state index in [1.165, 1.54) is 24.0 Å². The highest BCUT2D eigenvalue weighted by Gasteiger charge is 2.27. The number of amides is 1. The van der Waals surface area contributed by atoms with E-state index < -0.39 is 0 Å². The minimum Gasteiger partial charge on any atom is -0.338 e. The fraction of sp³-hybridized carbons (Fsp3) is 0.562. The van der Waals surface area contributed by atoms with Crippen molar-refractivity contribution in [1.82, 2.24) is 10.2 Å². The Morgan fingerprint density at radius 3 is 2.75 bits per heavy atom. The zero-order chi connectivity index (χ0) is 13.2. The van der Waals surface area contributed by atoms with Crippen LogP contribution in [0.1, 0.15) is 47.7 Å². The maximum Gasteiger partial charge on any atom is 0.253 e. The molecule has 3 nitrogen and oxygen atoms in total. The van der Waals surface area contributed by atoms with Crippen molar-refractivity contribution < 1.29 is 4.79 Å². The third-order valence-corrected chi connectivity index (χ3v) is 4.04. The van der Waals surface area contributed by atoms with E-state index in [2.05, 4.69) is 24.4 Å². The molecule has 1 aromatic rings. The van der Waals surface area contributed by atoms with Crippen LogP contribution >= 0.6 is 12.4 Å². The van der Waals surface area contributed by atoms with Crippen LogP contribution in [0.4, 0.5) is 0 Å². The summed E-state index contributed by atoms with van der Waals surface area (Å²) in [6.07, 6.45) is 3.62. The number of carbonyl (C=O) groups is 1. The monoisotopic (exact) mass is 294 g/mol. The molecule has 1 amide bonds. The molecule has 2 aliphatic rings. The van der Waals surface area contributed by atoms with Gasteiger partial charge in [0.05, 0.1) is 0 Å². The SMILES string of the molecule is CCCN(CC1CC1)C(=O)c1ccc2c(c1)CNC2.Cl. The van der Waals surface area contributed by atoms with Crippen LogP contribution < -0.4 is 5.32 Å². The third kappa shape index (κ3) is 3.33. The summed E-state index contributed by atoms with van der Waals surface area (Å²) in [6, 6.07) is 6.17. The number of nitrogens with one attached hydrogen (secondary N) is 1. The number of halogens is 1. The molecule has 1 heterocycles. The standard InChI is InChI=1S/C16H22N2O.ClH/c1-2-7-18(11-12-3-4-12)16(19)13-5-6-14-9-17-10-15(14)8-13;/h5-6,8,12,17H,2-4,7,9-11H2,1H3;1H. The second-order valence-electron chi connectivity index (χ2n) is 5.78. The highest BCUT2D eigenvalue weighted by Crippen LogP contribution is 2.30. The Labute approximate surface area is 127 Å². The van der Waals surface area contributed by atoms with Gasteiger partial charge in [-0.05, 0) is 48.4 Å². The Morgan fingerprint density at radius 1 is 1.30 bits per heavy atom. The Hall–Kier alpha value is -1.06. The smallest absolute Gasteiger partial charge is 0.253 e. The predicted octanol–water partition coefficient (Wildman–Crippen LogP) is 2.97. The molecule has 1 aliphatic carbocycles. The summed E-state index contributed by atoms with van der Waals surface area (Å²) in [5.41, 5.74) is 3.48. The Morgan fingerprint density at radius 2 is 2.05 bits per heavy atom. The molecular formula is C16H23ClN2O. The van der Waals surface area contributed by atoms with Crippen molar-refractivity contribution in [3.8, 4) is 0 Å². The zero-order valence-electron chi connectivity index (χ0n) is 12.0. The van der Waals surface area contributed by atoms with Crippen LogP contribution in [0.5, 0.6) is 0 Å². The fourth-order valence-electron chi connectivity index (χ4n) is 2.77. The molecule has 0 unspecified atom stereocenters. The zero-order valence-corrected chi connectivity index (χ0v) is 12.8. The van der Waals surface area contributed by atoms with E-state index in [1.807, 2.05) is 11.0 Å². The highest BCUT2D eigenvalue weighted by atomic mass is 35.5. The molecule has 1 aromatic carbocycles. The van der Waals surface area contributed by atoms with E-state index >= 15 is 0 Å². The molecule has 1 fully saturated rings. The van der Waals surface area contributed by atoms with Gasteiger partial charge in [-0.1, -0.05) is 13.0 Å². The predicted molar refractivity (Wildman–Crippen MR) is 83.2 cm³/mol. The van der Waals surface area contributed by atoms with Gasteiger partial charge in [-0.2, -0.15) is 0 Å². The van der Waals surface area contributed by atoms with Gasteiger partial charge in [0.2, 0.25) is 0 Å². The molecule has 110 valence electrons. The molecule has 0 aromatic heterocycles. The first kappa shape index (κ1) is 15.3. The number of hydrogen-bond donors (Lipinski definition) is 1. The van der Waals surface area contributed by atoms with E-state index in [9.17, 15) is 4.79 Å². The average molecular weight is 295 g/mol. The van der Waals surface area contributed by atoms with Crippen LogP contribution in [0.15, 0.2) is 18.2 Å². The van der Waals surface area contributed by atoms with Gasteiger partial charge in [0.1, 0.15) is 0 Å². The summed E-state index contributed by atoms with van der Waals surface area (Å²) < 4.78 is 0. The maximum atomic E-state index is 12.6. The topological polar surface area (TPSA) is 32.3 Å². The van der Waals surface area contributed by atoms with Gasteiger partial charge in [0, 0.05) is 31.7 Å². The summed E-state index contributed by atoms with van der Waals surface area (Å²) >= 11 is 0. The molecule has 0 saturated heterocycles. The van der Waals surface area contributed by atoms with E-state index in [1.54, 1.807) is 0 Å². The molecule has 0 radical (unpaired) electrons. The molecule has 1 N–H and O–H groups in total. The molecule has 4 heteroatoms. The molecule has 0 spiro atoms. The molecule has 1 aliphatic heterocycles. The van der Waals surface area contributed by atoms with E-state index in [0.717, 1.165) is 44.1 Å². The Balaban J connectivity index is 0.00000147. The van der Waals surface area contributed by atoms with Crippen LogP contribution in [0.2, 0.25) is 0 Å². The van der Waals surface area contributed by atoms with Crippen LogP contribution in [-0.2, 0) is 13.1 Å². The molecule has 0 atom stereocenters. The number of benzene rings is 1. The minimum atomic E-state index is 0. The van der Waals surface area contributed by atoms with Crippen molar-refractivity contribution in [3.05, 3.63) is 34.9 Å². The van der Waals surface area contributed by atoms with Crippen molar-refractivity contribution >= 4 is 18.3 Å². The first-order valence-corrected chi connectivity index (χ1v) is 7.39. The fourth-order valence-corrected chi connectivity index (χ4v) is 2.77. The number of carbonyl (C=O) groups excluding carboxylic acids is 1. The summed E-state index contributed by atoms with van der Waals surface area (Å²) in [6.45, 7) is 5.80. The first-order valence-electron chi connectivity index (χ1n) is 7.39. The Kier molecular flexibility index (Phi) is 5.06. The van der Waals surface area contributed by atoms with Gasteiger partial charge >= 0.3 is 0 Å². The summed E-state index contributed by atoms with van der Waals surface area (Å²) in [5.74, 6) is 0.968. The molecule has 3 rings (SSSR count). The largest absolute Gasteiger partial charge is 0.338 e. The quantitative estimate of drug-likeness (QED) is 0.905. The second kappa shape index (κ2) is 6.59. The molecular weight excluding hydrogens is 272 g/mol. The molecule has 1 saturated carbocycles. The van der Waals surface area contributed by atoms with Crippen LogP contribution in [-0.4, -0.2) is 23.9 Å². The van der Waals surface area contributed by atoms with Crippen molar-refractivity contribution in [2.24, 2.45) is 5.92 Å². The van der Waals surface area contributed by atoms with Crippen molar-refractivity contribution in [1.29, 1.82) is 0 Å². The molecule has 0 bridgehead atoms. The summed E-state index contributed by atoms with van der Waals surface area (Å²) in [4.78, 5) is 14.6. The summed E-state index contributed by atoms with van der Waals surface area (Å²) in [7, 11) is 0. The lowest BCUT2D eigenvalue weighted by atomic mass is 10.1. The van der Waals surface area contributed by atoms with E-state index in [0.29, 0.717) is 0 Å². The van der Waals surface area contributed by atoms with Crippen molar-refractivity contribution in [2.45, 2.75) is 39.3 Å². The lowest BCUT2D eigenvalue weighted by molar-refractivity contribution is 0.0747. The van der Waals surface area contributed by atoms with Gasteiger partial charge in [0.15, 0.2) is 0 Å². The normalized spacial score (nSPS) is 16.4. The molecule has 20 heavy (non-hydrogen) atoms. The number of hydrogen-bond acceptors (Lipinski definition) is 2. The van der Waals surface area contributed by atoms with Crippen molar-refractivity contribution in [3.63, 3.8) is 0 Å². The highest BCUT2D eigenvalue weighted by molar-refractivity contribution is 5.94. The second-order valence-corrected chi connectivity index (χ2v) is 5.78. The van der Waals surface area contributed by atoms with Crippen LogP contribution in [0.3, 0.4) is 0 Å². The number of fused-ring (bicyclic) bond motifs is 1. The lowest BCUT2D eigenvalue weighted by Crippen LogP contribution is -2.33. The van der Waals surface area contributed by atoms with Gasteiger partial charge in [0.25, 0.3) is 5.91 Å². The van der Waals surface area contributed by atoms with Gasteiger partial charge in [-0.15, -0.1) is 12.4 Å². The number of nitrogens with zero attached hydrogens (tertiary/aromatic N) is 1. The van der Waals surface area contributed by atoms with Gasteiger partial charge < -0.3 is 10.2 Å². The average Bonchev–Trinajstić information content (AvgIpc) is 3.11. The summed E-state index contributed by atoms with van der Waals surface area (Å²) in [5, 5.41) is 3.33. The minimum absolute atomic E-state index is 0. The van der Waals surface area contributed by atoms with Crippen molar-refractivity contribution in [2.75, 3.05) is 13.1 Å². The lowest BCUT2D eigenvalue weighted by Gasteiger charge is -2.22. The third-order valence-electron chi connectivity index (χ3n) is 4.04. The van der Waals surface area contributed by atoms with Crippen LogP contribution in [0, 0.1) is 5.92 Å². The van der Waals surface area contributed by atoms with Crippen LogP contribution in [0.25, 0.3) is 0 Å². The van der Waals surface area contributed by atoms with E-state index in [-0.39, 0.29) is 18.3 Å². The number of rotatable bonds is 5. The first-order chi connectivity index (χ1) is 9.28. The van der Waals surface area contributed by atoms with Gasteiger partial charge in [-0.25, -0.2) is 0 Å².